The quantitative estimate of drug-likeness (QED) is 0.623. The minimum atomic E-state index is -0.833. The highest BCUT2D eigenvalue weighted by molar-refractivity contribution is 6.39. The van der Waals surface area contributed by atoms with Crippen molar-refractivity contribution >= 4 is 40.8 Å². The van der Waals surface area contributed by atoms with Gasteiger partial charge in [0.1, 0.15) is 0 Å². The van der Waals surface area contributed by atoms with E-state index in [0.717, 1.165) is 63.9 Å². The van der Waals surface area contributed by atoms with E-state index < -0.39 is 11.9 Å². The van der Waals surface area contributed by atoms with E-state index >= 15 is 0 Å². The lowest BCUT2D eigenvalue weighted by molar-refractivity contribution is -0.143. The molecular weight excluding hydrogens is 465 g/mol. The molecule has 2 saturated heterocycles. The van der Waals surface area contributed by atoms with Gasteiger partial charge in [-0.05, 0) is 62.2 Å². The van der Waals surface area contributed by atoms with Crippen LogP contribution in [0.15, 0.2) is 30.5 Å². The Kier molecular flexibility index (Phi) is 8.57. The Morgan fingerprint density at radius 1 is 1.12 bits per heavy atom. The largest absolute Gasteiger partial charge is 0.481 e. The number of aromatic nitrogens is 1. The molecule has 0 aliphatic carbocycles. The maximum Gasteiger partial charge on any atom is 0.306 e. The normalized spacial score (nSPS) is 17.2. The molecule has 178 valence electrons. The van der Waals surface area contributed by atoms with E-state index in [4.69, 9.17) is 43.2 Å². The number of carboxylic acid groups (broad SMARTS) is 2. The predicted molar refractivity (Wildman–Crippen MR) is 129 cm³/mol. The predicted octanol–water partition coefficient (Wildman–Crippen LogP) is 4.69. The highest BCUT2D eigenvalue weighted by Gasteiger charge is 2.32. The number of rotatable bonds is 5. The van der Waals surface area contributed by atoms with Crippen molar-refractivity contribution < 1.29 is 19.8 Å². The second kappa shape index (κ2) is 11.2. The number of para-hydroxylation sites is 1. The first-order chi connectivity index (χ1) is 15.7. The monoisotopic (exact) mass is 493 g/mol. The minimum Gasteiger partial charge on any atom is -0.481 e. The van der Waals surface area contributed by atoms with Gasteiger partial charge in [0, 0.05) is 38.7 Å². The average Bonchev–Trinajstić information content (AvgIpc) is 2.70. The first-order valence-corrected chi connectivity index (χ1v) is 11.7. The SMILES string of the molecule is CC(=O)O.Cc1cc(CN2CCC(C(=O)O)CC2)ncc1C1CN(c2c(Cl)cccc2Cl)C1. The van der Waals surface area contributed by atoms with E-state index in [1.165, 1.54) is 11.1 Å². The van der Waals surface area contributed by atoms with Crippen LogP contribution in [-0.4, -0.2) is 58.2 Å². The van der Waals surface area contributed by atoms with E-state index in [0.29, 0.717) is 16.0 Å². The van der Waals surface area contributed by atoms with Gasteiger partial charge in [-0.15, -0.1) is 0 Å². The van der Waals surface area contributed by atoms with Gasteiger partial charge in [0.15, 0.2) is 0 Å². The van der Waals surface area contributed by atoms with Crippen LogP contribution in [0.25, 0.3) is 0 Å². The fourth-order valence-electron chi connectivity index (χ4n) is 4.35. The van der Waals surface area contributed by atoms with Crippen molar-refractivity contribution in [1.82, 2.24) is 9.88 Å². The van der Waals surface area contributed by atoms with Gasteiger partial charge < -0.3 is 15.1 Å². The lowest BCUT2D eigenvalue weighted by Gasteiger charge is -2.42. The molecule has 0 spiro atoms. The molecule has 2 fully saturated rings. The average molecular weight is 494 g/mol. The summed E-state index contributed by atoms with van der Waals surface area (Å²) in [6.45, 7) is 7.40. The summed E-state index contributed by atoms with van der Waals surface area (Å²) >= 11 is 12.7. The van der Waals surface area contributed by atoms with Gasteiger partial charge in [0.25, 0.3) is 5.97 Å². The van der Waals surface area contributed by atoms with Crippen LogP contribution in [0.1, 0.15) is 42.5 Å². The van der Waals surface area contributed by atoms with Crippen molar-refractivity contribution in [3.05, 3.63) is 57.3 Å². The molecule has 2 aromatic rings. The fraction of sp³-hybridized carbons (Fsp3) is 0.458. The van der Waals surface area contributed by atoms with Gasteiger partial charge in [-0.2, -0.15) is 0 Å². The summed E-state index contributed by atoms with van der Waals surface area (Å²) < 4.78 is 0. The maximum atomic E-state index is 11.1. The number of likely N-dealkylation sites (tertiary alicyclic amines) is 1. The summed E-state index contributed by atoms with van der Waals surface area (Å²) in [4.78, 5) is 29.3. The number of aryl methyl sites for hydroxylation is 1. The molecule has 33 heavy (non-hydrogen) atoms. The smallest absolute Gasteiger partial charge is 0.306 e. The second-order valence-electron chi connectivity index (χ2n) is 8.61. The van der Waals surface area contributed by atoms with Crippen molar-refractivity contribution in [3.8, 4) is 0 Å². The Bertz CT molecular complexity index is 979. The van der Waals surface area contributed by atoms with Crippen molar-refractivity contribution in [2.75, 3.05) is 31.1 Å². The number of anilines is 1. The zero-order chi connectivity index (χ0) is 24.1. The van der Waals surface area contributed by atoms with Crippen LogP contribution in [0.5, 0.6) is 0 Å². The molecule has 2 aliphatic heterocycles. The number of benzene rings is 1. The van der Waals surface area contributed by atoms with E-state index in [1.54, 1.807) is 0 Å². The summed E-state index contributed by atoms with van der Waals surface area (Å²) in [6, 6.07) is 7.78. The molecule has 0 atom stereocenters. The Morgan fingerprint density at radius 2 is 1.70 bits per heavy atom. The van der Waals surface area contributed by atoms with Gasteiger partial charge in [-0.25, -0.2) is 0 Å². The summed E-state index contributed by atoms with van der Waals surface area (Å²) in [6.07, 6.45) is 3.44. The zero-order valence-electron chi connectivity index (χ0n) is 18.8. The van der Waals surface area contributed by atoms with Crippen LogP contribution in [-0.2, 0) is 16.1 Å². The van der Waals surface area contributed by atoms with Crippen LogP contribution < -0.4 is 4.90 Å². The number of hydrogen-bond donors (Lipinski definition) is 2. The standard InChI is InChI=1S/C22H25Cl2N3O2.C2H4O2/c1-14-9-17(13-26-7-5-15(6-8-26)22(28)29)25-10-18(14)16-11-27(12-16)21-19(23)3-2-4-20(21)24;1-2(3)4/h2-4,9-10,15-16H,5-8,11-13H2,1H3,(H,28,29);1H3,(H,3,4). The molecule has 1 aromatic heterocycles. The molecule has 4 rings (SSSR count). The number of hydrogen-bond acceptors (Lipinski definition) is 5. The van der Waals surface area contributed by atoms with Gasteiger partial charge in [-0.3, -0.25) is 19.5 Å². The molecule has 3 heterocycles. The molecular formula is C24H29Cl2N3O4. The zero-order valence-corrected chi connectivity index (χ0v) is 20.3. The van der Waals surface area contributed by atoms with Crippen LogP contribution in [0.4, 0.5) is 5.69 Å². The van der Waals surface area contributed by atoms with Crippen molar-refractivity contribution in [3.63, 3.8) is 0 Å². The molecule has 1 aromatic carbocycles. The molecule has 9 heteroatoms. The number of pyridine rings is 1. The van der Waals surface area contributed by atoms with E-state index in [2.05, 4.69) is 22.8 Å². The van der Waals surface area contributed by atoms with E-state index in [9.17, 15) is 4.79 Å². The Labute approximate surface area is 203 Å². The van der Waals surface area contributed by atoms with Gasteiger partial charge in [0.2, 0.25) is 0 Å². The third kappa shape index (κ3) is 6.59. The number of aliphatic carboxylic acids is 2. The van der Waals surface area contributed by atoms with Crippen LogP contribution >= 0.6 is 23.2 Å². The summed E-state index contributed by atoms with van der Waals surface area (Å²) in [5, 5.41) is 17.9. The first-order valence-electron chi connectivity index (χ1n) is 10.9. The number of nitrogens with zero attached hydrogens (tertiary/aromatic N) is 3. The molecule has 0 amide bonds. The minimum absolute atomic E-state index is 0.198. The van der Waals surface area contributed by atoms with Gasteiger partial charge >= 0.3 is 5.97 Å². The number of carbonyl (C=O) groups is 2. The van der Waals surface area contributed by atoms with E-state index in [-0.39, 0.29) is 5.92 Å². The third-order valence-electron chi connectivity index (χ3n) is 6.11. The molecule has 0 bridgehead atoms. The summed E-state index contributed by atoms with van der Waals surface area (Å²) in [5.74, 6) is -1.28. The van der Waals surface area contributed by atoms with Crippen LogP contribution in [0, 0.1) is 12.8 Å². The Morgan fingerprint density at radius 3 is 2.21 bits per heavy atom. The molecule has 2 aliphatic rings. The Balaban J connectivity index is 0.000000709. The van der Waals surface area contributed by atoms with Crippen LogP contribution in [0.2, 0.25) is 10.0 Å². The summed E-state index contributed by atoms with van der Waals surface area (Å²) in [5.41, 5.74) is 4.49. The third-order valence-corrected chi connectivity index (χ3v) is 6.72. The van der Waals surface area contributed by atoms with Crippen molar-refractivity contribution in [2.24, 2.45) is 5.92 Å². The van der Waals surface area contributed by atoms with Crippen LogP contribution in [0.3, 0.4) is 0 Å². The number of carboxylic acids is 2. The Hall–Kier alpha value is -2.35. The van der Waals surface area contributed by atoms with Gasteiger partial charge in [0.05, 0.1) is 27.3 Å². The molecule has 0 unspecified atom stereocenters. The fourth-order valence-corrected chi connectivity index (χ4v) is 4.99. The highest BCUT2D eigenvalue weighted by atomic mass is 35.5. The maximum absolute atomic E-state index is 11.1. The van der Waals surface area contributed by atoms with Gasteiger partial charge in [-0.1, -0.05) is 29.3 Å². The molecule has 0 radical (unpaired) electrons. The van der Waals surface area contributed by atoms with Crippen molar-refractivity contribution in [1.29, 1.82) is 0 Å². The lowest BCUT2D eigenvalue weighted by Crippen LogP contribution is -2.45. The molecule has 2 N–H and O–H groups in total. The number of piperidine rings is 1. The topological polar surface area (TPSA) is 94.0 Å². The van der Waals surface area contributed by atoms with E-state index in [1.807, 2.05) is 24.4 Å². The number of halogens is 2. The molecule has 0 saturated carbocycles. The second-order valence-corrected chi connectivity index (χ2v) is 9.43. The lowest BCUT2D eigenvalue weighted by atomic mass is 9.89. The summed E-state index contributed by atoms with van der Waals surface area (Å²) in [7, 11) is 0. The highest BCUT2D eigenvalue weighted by Crippen LogP contribution is 2.40. The molecule has 7 nitrogen and oxygen atoms in total. The van der Waals surface area contributed by atoms with Crippen molar-refractivity contribution in [2.45, 2.75) is 39.2 Å². The first kappa shape index (κ1) is 25.3.